The van der Waals surface area contributed by atoms with E-state index >= 15 is 0 Å². The Morgan fingerprint density at radius 1 is 0.844 bits per heavy atom. The molecular weight excluding hydrogens is 400 g/mol. The van der Waals surface area contributed by atoms with Gasteiger partial charge in [-0.1, -0.05) is 63.2 Å². The summed E-state index contributed by atoms with van der Waals surface area (Å²) in [5.74, 6) is -0.387. The van der Waals surface area contributed by atoms with Crippen LogP contribution >= 0.6 is 0 Å². The maximum absolute atomic E-state index is 12.3. The van der Waals surface area contributed by atoms with Crippen LogP contribution in [-0.4, -0.2) is 67.4 Å². The van der Waals surface area contributed by atoms with Gasteiger partial charge in [-0.05, 0) is 28.7 Å². The molecule has 0 radical (unpaired) electrons. The number of hydrogen-bond donors (Lipinski definition) is 2. The highest BCUT2D eigenvalue weighted by Gasteiger charge is 2.17. The van der Waals surface area contributed by atoms with E-state index in [0.717, 1.165) is 39.3 Å². The predicted molar refractivity (Wildman–Crippen MR) is 129 cm³/mol. The average molecular weight is 437 g/mol. The van der Waals surface area contributed by atoms with E-state index in [-0.39, 0.29) is 23.8 Å². The van der Waals surface area contributed by atoms with Crippen LogP contribution in [0.2, 0.25) is 0 Å². The van der Waals surface area contributed by atoms with Crippen molar-refractivity contribution in [3.63, 3.8) is 0 Å². The van der Waals surface area contributed by atoms with Gasteiger partial charge in [0.2, 0.25) is 5.91 Å². The first-order valence-electron chi connectivity index (χ1n) is 11.5. The van der Waals surface area contributed by atoms with Crippen molar-refractivity contribution in [1.82, 2.24) is 20.4 Å². The summed E-state index contributed by atoms with van der Waals surface area (Å²) in [4.78, 5) is 29.2. The smallest absolute Gasteiger partial charge is 0.251 e. The van der Waals surface area contributed by atoms with Gasteiger partial charge in [0, 0.05) is 51.4 Å². The lowest BCUT2D eigenvalue weighted by atomic mass is 9.87. The van der Waals surface area contributed by atoms with E-state index in [2.05, 4.69) is 65.5 Å². The molecule has 3 rings (SSSR count). The molecule has 2 aromatic rings. The van der Waals surface area contributed by atoms with E-state index in [1.54, 1.807) is 0 Å². The van der Waals surface area contributed by atoms with Crippen LogP contribution < -0.4 is 10.6 Å². The molecular formula is C26H36N4O2. The second kappa shape index (κ2) is 11.2. The molecule has 2 amide bonds. The lowest BCUT2D eigenvalue weighted by molar-refractivity contribution is -0.120. The van der Waals surface area contributed by atoms with Crippen molar-refractivity contribution < 1.29 is 9.59 Å². The summed E-state index contributed by atoms with van der Waals surface area (Å²) in [5, 5.41) is 5.61. The first-order valence-corrected chi connectivity index (χ1v) is 11.5. The second-order valence-corrected chi connectivity index (χ2v) is 9.46. The van der Waals surface area contributed by atoms with Gasteiger partial charge in [-0.15, -0.1) is 0 Å². The highest BCUT2D eigenvalue weighted by atomic mass is 16.2. The maximum atomic E-state index is 12.3. The number of benzene rings is 2. The zero-order valence-electron chi connectivity index (χ0n) is 19.6. The first-order chi connectivity index (χ1) is 15.3. The topological polar surface area (TPSA) is 64.7 Å². The Labute approximate surface area is 192 Å². The number of carbonyl (C=O) groups excluding carboxylic acids is 2. The third-order valence-electron chi connectivity index (χ3n) is 5.89. The van der Waals surface area contributed by atoms with Gasteiger partial charge in [0.15, 0.2) is 0 Å². The molecule has 32 heavy (non-hydrogen) atoms. The van der Waals surface area contributed by atoms with Crippen molar-refractivity contribution in [3.05, 3.63) is 71.3 Å². The Hall–Kier alpha value is -2.70. The first kappa shape index (κ1) is 24.0. The van der Waals surface area contributed by atoms with E-state index in [9.17, 15) is 9.59 Å². The van der Waals surface area contributed by atoms with Gasteiger partial charge in [0.1, 0.15) is 0 Å². The number of carbonyl (C=O) groups is 2. The average Bonchev–Trinajstić information content (AvgIpc) is 2.79. The van der Waals surface area contributed by atoms with Crippen LogP contribution in [0.25, 0.3) is 0 Å². The molecule has 1 heterocycles. The molecule has 1 aliphatic heterocycles. The highest BCUT2D eigenvalue weighted by molar-refractivity contribution is 5.96. The maximum Gasteiger partial charge on any atom is 0.251 e. The summed E-state index contributed by atoms with van der Waals surface area (Å²) in [6, 6.07) is 18.1. The fourth-order valence-corrected chi connectivity index (χ4v) is 3.81. The fraction of sp³-hybridized carbons (Fsp3) is 0.462. The summed E-state index contributed by atoms with van der Waals surface area (Å²) in [6.45, 7) is 12.9. The largest absolute Gasteiger partial charge is 0.353 e. The lowest BCUT2D eigenvalue weighted by Crippen LogP contribution is -2.48. The summed E-state index contributed by atoms with van der Waals surface area (Å²) < 4.78 is 0. The van der Waals surface area contributed by atoms with Gasteiger partial charge < -0.3 is 10.6 Å². The quantitative estimate of drug-likeness (QED) is 0.668. The Morgan fingerprint density at radius 2 is 1.47 bits per heavy atom. The molecule has 0 aliphatic carbocycles. The monoisotopic (exact) mass is 436 g/mol. The molecule has 0 atom stereocenters. The van der Waals surface area contributed by atoms with Gasteiger partial charge >= 0.3 is 0 Å². The van der Waals surface area contributed by atoms with E-state index in [0.29, 0.717) is 12.1 Å². The van der Waals surface area contributed by atoms with Crippen molar-refractivity contribution in [2.45, 2.75) is 32.7 Å². The van der Waals surface area contributed by atoms with Crippen molar-refractivity contribution in [2.24, 2.45) is 0 Å². The Kier molecular flexibility index (Phi) is 8.42. The molecule has 172 valence electrons. The summed E-state index contributed by atoms with van der Waals surface area (Å²) >= 11 is 0. The van der Waals surface area contributed by atoms with Crippen LogP contribution in [0.15, 0.2) is 54.6 Å². The number of amides is 2. The van der Waals surface area contributed by atoms with Crippen molar-refractivity contribution >= 4 is 11.8 Å². The van der Waals surface area contributed by atoms with E-state index < -0.39 is 0 Å². The number of nitrogens with one attached hydrogen (secondary N) is 2. The van der Waals surface area contributed by atoms with Crippen molar-refractivity contribution in [1.29, 1.82) is 0 Å². The highest BCUT2D eigenvalue weighted by Crippen LogP contribution is 2.22. The molecule has 6 heteroatoms. The molecule has 2 aromatic carbocycles. The summed E-state index contributed by atoms with van der Waals surface area (Å²) in [6.07, 6.45) is 0. The minimum Gasteiger partial charge on any atom is -0.353 e. The normalized spacial score (nSPS) is 15.3. The third kappa shape index (κ3) is 7.46. The summed E-state index contributed by atoms with van der Waals surface area (Å²) in [5.41, 5.74) is 3.14. The number of hydrogen-bond acceptors (Lipinski definition) is 4. The molecule has 0 aromatic heterocycles. The Bertz CT molecular complexity index is 867. The SMILES string of the molecule is CC(C)(C)c1ccc(C(=O)NCC(=O)NCCN2CCN(Cc3ccccc3)CC2)cc1. The van der Waals surface area contributed by atoms with Gasteiger partial charge in [-0.25, -0.2) is 0 Å². The number of nitrogens with zero attached hydrogens (tertiary/aromatic N) is 2. The number of rotatable bonds is 8. The minimum absolute atomic E-state index is 0.00922. The van der Waals surface area contributed by atoms with Crippen molar-refractivity contribution in [2.75, 3.05) is 45.8 Å². The summed E-state index contributed by atoms with van der Waals surface area (Å²) in [7, 11) is 0. The zero-order valence-corrected chi connectivity index (χ0v) is 19.6. The minimum atomic E-state index is -0.227. The van der Waals surface area contributed by atoms with Gasteiger partial charge in [0.05, 0.1) is 6.54 Å². The molecule has 0 spiro atoms. The number of piperazine rings is 1. The predicted octanol–water partition coefficient (Wildman–Crippen LogP) is 2.65. The third-order valence-corrected chi connectivity index (χ3v) is 5.89. The molecule has 6 nitrogen and oxygen atoms in total. The lowest BCUT2D eigenvalue weighted by Gasteiger charge is -2.34. The van der Waals surface area contributed by atoms with Crippen molar-refractivity contribution in [3.8, 4) is 0 Å². The van der Waals surface area contributed by atoms with Crippen LogP contribution in [-0.2, 0) is 16.8 Å². The second-order valence-electron chi connectivity index (χ2n) is 9.46. The molecule has 1 saturated heterocycles. The Balaban J connectivity index is 1.30. The fourth-order valence-electron chi connectivity index (χ4n) is 3.81. The Morgan fingerprint density at radius 3 is 2.09 bits per heavy atom. The van der Waals surface area contributed by atoms with Gasteiger partial charge in [-0.3, -0.25) is 19.4 Å². The van der Waals surface area contributed by atoms with Crippen LogP contribution in [0.5, 0.6) is 0 Å². The van der Waals surface area contributed by atoms with E-state index in [1.165, 1.54) is 11.1 Å². The zero-order chi connectivity index (χ0) is 23.0. The molecule has 0 bridgehead atoms. The molecule has 1 fully saturated rings. The van der Waals surface area contributed by atoms with Crippen LogP contribution in [0.1, 0.15) is 42.3 Å². The standard InChI is InChI=1S/C26H36N4O2/c1-26(2,3)23-11-9-22(10-12-23)25(32)28-19-24(31)27-13-14-29-15-17-30(18-16-29)20-21-7-5-4-6-8-21/h4-12H,13-20H2,1-3H3,(H,27,31)(H,28,32). The van der Waals surface area contributed by atoms with E-state index in [1.807, 2.05) is 30.3 Å². The van der Waals surface area contributed by atoms with Crippen LogP contribution in [0.4, 0.5) is 0 Å². The van der Waals surface area contributed by atoms with Gasteiger partial charge in [0.25, 0.3) is 5.91 Å². The molecule has 1 aliphatic rings. The van der Waals surface area contributed by atoms with Crippen LogP contribution in [0, 0.1) is 0 Å². The molecule has 2 N–H and O–H groups in total. The molecule has 0 unspecified atom stereocenters. The van der Waals surface area contributed by atoms with E-state index in [4.69, 9.17) is 0 Å². The van der Waals surface area contributed by atoms with Crippen LogP contribution in [0.3, 0.4) is 0 Å². The van der Waals surface area contributed by atoms with Gasteiger partial charge in [-0.2, -0.15) is 0 Å². The molecule has 0 saturated carbocycles.